The number of amides is 1. The van der Waals surface area contributed by atoms with Gasteiger partial charge >= 0.3 is 0 Å². The summed E-state index contributed by atoms with van der Waals surface area (Å²) in [5.41, 5.74) is 1.11. The van der Waals surface area contributed by atoms with Gasteiger partial charge in [-0.1, -0.05) is 53.0 Å². The van der Waals surface area contributed by atoms with Crippen LogP contribution in [0.5, 0.6) is 0 Å². The first-order chi connectivity index (χ1) is 9.09. The van der Waals surface area contributed by atoms with Crippen LogP contribution in [-0.4, -0.2) is 5.91 Å². The molecule has 0 heterocycles. The van der Waals surface area contributed by atoms with Crippen molar-refractivity contribution in [2.45, 2.75) is 6.54 Å². The smallest absolute Gasteiger partial charge is 0.253 e. The van der Waals surface area contributed by atoms with E-state index in [0.717, 1.165) is 0 Å². The van der Waals surface area contributed by atoms with Gasteiger partial charge in [0.15, 0.2) is 0 Å². The summed E-state index contributed by atoms with van der Waals surface area (Å²) in [7, 11) is 0. The van der Waals surface area contributed by atoms with Crippen LogP contribution < -0.4 is 5.32 Å². The van der Waals surface area contributed by atoms with Crippen molar-refractivity contribution in [1.29, 1.82) is 0 Å². The highest BCUT2D eigenvalue weighted by molar-refractivity contribution is 6.36. The summed E-state index contributed by atoms with van der Waals surface area (Å²) < 4.78 is 0. The maximum atomic E-state index is 12.0. The van der Waals surface area contributed by atoms with E-state index in [-0.39, 0.29) is 12.5 Å². The second-order valence-electron chi connectivity index (χ2n) is 3.86. The number of carbonyl (C=O) groups excluding carboxylic acids is 1. The van der Waals surface area contributed by atoms with Gasteiger partial charge in [0.1, 0.15) is 0 Å². The van der Waals surface area contributed by atoms with Crippen LogP contribution in [0.25, 0.3) is 0 Å². The van der Waals surface area contributed by atoms with E-state index in [9.17, 15) is 4.79 Å². The molecule has 2 aromatic carbocycles. The molecule has 0 saturated heterocycles. The van der Waals surface area contributed by atoms with Crippen molar-refractivity contribution in [3.05, 3.63) is 68.7 Å². The Bertz CT molecular complexity index is 593. The molecule has 0 atom stereocenters. The normalized spacial score (nSPS) is 10.3. The molecule has 98 valence electrons. The number of halogens is 3. The molecule has 0 aliphatic rings. The van der Waals surface area contributed by atoms with Crippen LogP contribution in [-0.2, 0) is 6.54 Å². The molecule has 1 amide bonds. The van der Waals surface area contributed by atoms with Crippen molar-refractivity contribution in [3.63, 3.8) is 0 Å². The lowest BCUT2D eigenvalue weighted by Gasteiger charge is -2.09. The molecule has 2 aromatic rings. The van der Waals surface area contributed by atoms with Crippen molar-refractivity contribution < 1.29 is 4.79 Å². The van der Waals surface area contributed by atoms with Crippen molar-refractivity contribution in [1.82, 2.24) is 5.32 Å². The summed E-state index contributed by atoms with van der Waals surface area (Å²) >= 11 is 18.0. The van der Waals surface area contributed by atoms with E-state index in [2.05, 4.69) is 5.32 Å². The van der Waals surface area contributed by atoms with Crippen molar-refractivity contribution in [3.8, 4) is 0 Å². The van der Waals surface area contributed by atoms with Crippen LogP contribution in [0.1, 0.15) is 15.9 Å². The second kappa shape index (κ2) is 6.29. The van der Waals surface area contributed by atoms with Gasteiger partial charge in [-0.2, -0.15) is 0 Å². The van der Waals surface area contributed by atoms with Crippen molar-refractivity contribution in [2.75, 3.05) is 0 Å². The van der Waals surface area contributed by atoms with E-state index >= 15 is 0 Å². The molecule has 0 spiro atoms. The van der Waals surface area contributed by atoms with Gasteiger partial charge in [0.05, 0.1) is 10.6 Å². The Morgan fingerprint density at radius 3 is 2.11 bits per heavy atom. The summed E-state index contributed by atoms with van der Waals surface area (Å²) in [5.74, 6) is -0.262. The van der Waals surface area contributed by atoms with Crippen LogP contribution in [0.3, 0.4) is 0 Å². The Morgan fingerprint density at radius 1 is 0.895 bits per heavy atom. The molecule has 0 unspecified atom stereocenters. The molecule has 19 heavy (non-hydrogen) atoms. The summed E-state index contributed by atoms with van der Waals surface area (Å²) in [6.45, 7) is 0.253. The highest BCUT2D eigenvalue weighted by Crippen LogP contribution is 2.24. The van der Waals surface area contributed by atoms with Crippen LogP contribution >= 0.6 is 34.8 Å². The Balaban J connectivity index is 2.11. The highest BCUT2D eigenvalue weighted by atomic mass is 35.5. The van der Waals surface area contributed by atoms with Gasteiger partial charge in [0, 0.05) is 22.2 Å². The third-order valence-electron chi connectivity index (χ3n) is 2.61. The number of nitrogens with one attached hydrogen (secondary N) is 1. The maximum Gasteiger partial charge on any atom is 0.253 e. The monoisotopic (exact) mass is 313 g/mol. The number of carbonyl (C=O) groups is 1. The fourth-order valence-corrected chi connectivity index (χ4v) is 2.36. The lowest BCUT2D eigenvalue weighted by molar-refractivity contribution is 0.0951. The lowest BCUT2D eigenvalue weighted by atomic mass is 10.2. The van der Waals surface area contributed by atoms with Gasteiger partial charge < -0.3 is 5.32 Å². The van der Waals surface area contributed by atoms with E-state index < -0.39 is 0 Å². The summed E-state index contributed by atoms with van der Waals surface area (Å²) in [4.78, 5) is 12.0. The molecule has 5 heteroatoms. The van der Waals surface area contributed by atoms with E-state index in [4.69, 9.17) is 34.8 Å². The molecular formula is C14H10Cl3NO. The first kappa shape index (κ1) is 14.2. The molecule has 0 bridgehead atoms. The third kappa shape index (κ3) is 3.41. The van der Waals surface area contributed by atoms with Crippen LogP contribution in [0, 0.1) is 0 Å². The standard InChI is InChI=1S/C14H10Cl3NO/c15-11-5-2-1-4-9(11)14(19)18-8-10-12(16)6-3-7-13(10)17/h1-7H,8H2,(H,18,19). The van der Waals surface area contributed by atoms with Gasteiger partial charge in [-0.25, -0.2) is 0 Å². The van der Waals surface area contributed by atoms with Gasteiger partial charge in [-0.05, 0) is 24.3 Å². The Morgan fingerprint density at radius 2 is 1.47 bits per heavy atom. The van der Waals surface area contributed by atoms with E-state index in [1.165, 1.54) is 0 Å². The van der Waals surface area contributed by atoms with Crippen molar-refractivity contribution in [2.24, 2.45) is 0 Å². The summed E-state index contributed by atoms with van der Waals surface area (Å²) in [5, 5.41) is 4.19. The molecule has 2 nitrogen and oxygen atoms in total. The predicted molar refractivity (Wildman–Crippen MR) is 79.1 cm³/mol. The predicted octanol–water partition coefficient (Wildman–Crippen LogP) is 4.58. The zero-order chi connectivity index (χ0) is 13.8. The fraction of sp³-hybridized carbons (Fsp3) is 0.0714. The second-order valence-corrected chi connectivity index (χ2v) is 5.08. The quantitative estimate of drug-likeness (QED) is 0.883. The van der Waals surface area contributed by atoms with Crippen molar-refractivity contribution >= 4 is 40.7 Å². The van der Waals surface area contributed by atoms with Gasteiger partial charge in [-0.15, -0.1) is 0 Å². The average Bonchev–Trinajstić information content (AvgIpc) is 2.38. The van der Waals surface area contributed by atoms with E-state index in [1.54, 1.807) is 42.5 Å². The van der Waals surface area contributed by atoms with Gasteiger partial charge in [0.25, 0.3) is 5.91 Å². The minimum Gasteiger partial charge on any atom is -0.348 e. The Kier molecular flexibility index (Phi) is 4.70. The Labute approximate surface area is 126 Å². The molecule has 1 N–H and O–H groups in total. The number of hydrogen-bond donors (Lipinski definition) is 1. The minimum atomic E-state index is -0.262. The largest absolute Gasteiger partial charge is 0.348 e. The number of hydrogen-bond acceptors (Lipinski definition) is 1. The van der Waals surface area contributed by atoms with Gasteiger partial charge in [-0.3, -0.25) is 4.79 Å². The molecule has 0 fully saturated rings. The highest BCUT2D eigenvalue weighted by Gasteiger charge is 2.11. The van der Waals surface area contributed by atoms with E-state index in [0.29, 0.717) is 26.2 Å². The molecule has 0 radical (unpaired) electrons. The maximum absolute atomic E-state index is 12.0. The zero-order valence-corrected chi connectivity index (χ0v) is 12.1. The average molecular weight is 315 g/mol. The molecule has 0 aromatic heterocycles. The fourth-order valence-electron chi connectivity index (χ4n) is 1.61. The van der Waals surface area contributed by atoms with Crippen LogP contribution in [0.4, 0.5) is 0 Å². The van der Waals surface area contributed by atoms with Crippen LogP contribution in [0.2, 0.25) is 15.1 Å². The molecule has 2 rings (SSSR count). The van der Waals surface area contributed by atoms with Crippen LogP contribution in [0.15, 0.2) is 42.5 Å². The first-order valence-corrected chi connectivity index (χ1v) is 6.68. The topological polar surface area (TPSA) is 29.1 Å². The van der Waals surface area contributed by atoms with Gasteiger partial charge in [0.2, 0.25) is 0 Å². The molecule has 0 saturated carbocycles. The SMILES string of the molecule is O=C(NCc1c(Cl)cccc1Cl)c1ccccc1Cl. The molecule has 0 aliphatic carbocycles. The number of rotatable bonds is 3. The molecular weight excluding hydrogens is 305 g/mol. The minimum absolute atomic E-state index is 0.253. The first-order valence-electron chi connectivity index (χ1n) is 5.55. The third-order valence-corrected chi connectivity index (χ3v) is 3.64. The molecule has 0 aliphatic heterocycles. The lowest BCUT2D eigenvalue weighted by Crippen LogP contribution is -2.23. The Hall–Kier alpha value is -1.22. The zero-order valence-electron chi connectivity index (χ0n) is 9.79. The summed E-state index contributed by atoms with van der Waals surface area (Å²) in [6.07, 6.45) is 0. The van der Waals surface area contributed by atoms with E-state index in [1.807, 2.05) is 0 Å². The summed E-state index contributed by atoms with van der Waals surface area (Å²) in [6, 6.07) is 12.1. The number of benzene rings is 2.